The third kappa shape index (κ3) is 10.9. The Hall–Kier alpha value is -0.810. The van der Waals surface area contributed by atoms with Gasteiger partial charge in [0.25, 0.3) is 5.91 Å². The van der Waals surface area contributed by atoms with Gasteiger partial charge in [0.1, 0.15) is 0 Å². The van der Waals surface area contributed by atoms with E-state index >= 15 is 0 Å². The van der Waals surface area contributed by atoms with E-state index in [0.29, 0.717) is 32.0 Å². The van der Waals surface area contributed by atoms with Gasteiger partial charge in [0.05, 0.1) is 0 Å². The summed E-state index contributed by atoms with van der Waals surface area (Å²) in [6, 6.07) is 0. The second-order valence-corrected chi connectivity index (χ2v) is 5.98. The van der Waals surface area contributed by atoms with Gasteiger partial charge in [-0.3, -0.25) is 9.59 Å². The van der Waals surface area contributed by atoms with Gasteiger partial charge in [-0.15, -0.1) is 12.4 Å². The molecule has 132 valence electrons. The fourth-order valence-corrected chi connectivity index (χ4v) is 2.36. The van der Waals surface area contributed by atoms with Crippen LogP contribution in [-0.2, 0) is 14.3 Å². The average Bonchev–Trinajstić information content (AvgIpc) is 2.43. The number of halogens is 1. The molecule has 22 heavy (non-hydrogen) atoms. The molecule has 0 saturated carbocycles. The maximum Gasteiger partial charge on any atom is 0.306 e. The summed E-state index contributed by atoms with van der Waals surface area (Å²) >= 11 is 0. The Morgan fingerprint density at radius 1 is 1.14 bits per heavy atom. The molecular formula is C16H33ClN2O3. The molecule has 0 unspecified atom stereocenters. The van der Waals surface area contributed by atoms with Crippen molar-refractivity contribution >= 4 is 24.3 Å². The topological polar surface area (TPSA) is 72.6 Å². The van der Waals surface area contributed by atoms with Crippen LogP contribution >= 0.6 is 12.4 Å². The van der Waals surface area contributed by atoms with Crippen molar-refractivity contribution < 1.29 is 14.3 Å². The molecule has 0 fully saturated rings. The summed E-state index contributed by atoms with van der Waals surface area (Å²) < 4.78 is 5.11. The van der Waals surface area contributed by atoms with Crippen LogP contribution in [0.25, 0.3) is 0 Å². The number of carbonyl (C=O) groups is 2. The van der Waals surface area contributed by atoms with Gasteiger partial charge in [0, 0.05) is 19.5 Å². The first kappa shape index (κ1) is 23.5. The zero-order valence-electron chi connectivity index (χ0n) is 14.5. The number of rotatable bonds is 11. The largest absolute Gasteiger partial charge is 0.456 e. The molecule has 5 nitrogen and oxygen atoms in total. The van der Waals surface area contributed by atoms with Gasteiger partial charge in [0.15, 0.2) is 6.61 Å². The molecule has 0 radical (unpaired) electrons. The van der Waals surface area contributed by atoms with Crippen LogP contribution in [-0.4, -0.2) is 43.0 Å². The molecule has 0 aromatic heterocycles. The summed E-state index contributed by atoms with van der Waals surface area (Å²) in [6.07, 6.45) is 3.01. The summed E-state index contributed by atoms with van der Waals surface area (Å²) in [5.74, 6) is 0.195. The van der Waals surface area contributed by atoms with Crippen molar-refractivity contribution in [1.29, 1.82) is 0 Å². The van der Waals surface area contributed by atoms with E-state index in [1.807, 2.05) is 13.8 Å². The van der Waals surface area contributed by atoms with Crippen LogP contribution < -0.4 is 5.73 Å². The quantitative estimate of drug-likeness (QED) is 0.589. The van der Waals surface area contributed by atoms with Crippen LogP contribution in [0.15, 0.2) is 0 Å². The number of nitrogens with two attached hydrogens (primary N) is 1. The number of nitrogens with zero attached hydrogens (tertiary/aromatic N) is 1. The summed E-state index contributed by atoms with van der Waals surface area (Å²) in [7, 11) is 0. The van der Waals surface area contributed by atoms with Crippen molar-refractivity contribution in [3.05, 3.63) is 0 Å². The minimum absolute atomic E-state index is 0. The van der Waals surface area contributed by atoms with Crippen molar-refractivity contribution in [2.45, 2.75) is 53.4 Å². The Morgan fingerprint density at radius 3 is 2.09 bits per heavy atom. The van der Waals surface area contributed by atoms with E-state index in [0.717, 1.165) is 19.3 Å². The van der Waals surface area contributed by atoms with E-state index in [1.54, 1.807) is 4.90 Å². The predicted octanol–water partition coefficient (Wildman–Crippen LogP) is 2.61. The van der Waals surface area contributed by atoms with Crippen molar-refractivity contribution in [2.24, 2.45) is 17.6 Å². The monoisotopic (exact) mass is 336 g/mol. The number of hydrogen-bond donors (Lipinski definition) is 1. The fourth-order valence-electron chi connectivity index (χ4n) is 2.36. The first-order valence-electron chi connectivity index (χ1n) is 8.07. The predicted molar refractivity (Wildman–Crippen MR) is 92.0 cm³/mol. The van der Waals surface area contributed by atoms with Crippen LogP contribution in [0.4, 0.5) is 0 Å². The first-order valence-corrected chi connectivity index (χ1v) is 8.07. The number of amides is 1. The highest BCUT2D eigenvalue weighted by Gasteiger charge is 2.18. The standard InChI is InChI=1S/C16H32N2O3.ClH/c1-5-7-18(8-6-2)15(19)12-21-16(20)10-14(11-17)9-13(3)4;/h13-14H,5-12,17H2,1-4H3;1H/t14-;/m0./s1. The molecule has 0 spiro atoms. The molecule has 1 amide bonds. The average molecular weight is 337 g/mol. The molecule has 0 aliphatic rings. The molecule has 0 aromatic rings. The minimum atomic E-state index is -0.326. The molecule has 0 rings (SSSR count). The van der Waals surface area contributed by atoms with E-state index < -0.39 is 0 Å². The van der Waals surface area contributed by atoms with E-state index in [4.69, 9.17) is 10.5 Å². The second kappa shape index (κ2) is 13.8. The van der Waals surface area contributed by atoms with Crippen molar-refractivity contribution in [1.82, 2.24) is 4.90 Å². The lowest BCUT2D eigenvalue weighted by Crippen LogP contribution is -2.36. The van der Waals surface area contributed by atoms with Crippen molar-refractivity contribution in [3.63, 3.8) is 0 Å². The normalized spacial score (nSPS) is 11.7. The third-order valence-corrected chi connectivity index (χ3v) is 3.29. The van der Waals surface area contributed by atoms with Gasteiger partial charge in [-0.05, 0) is 37.6 Å². The lowest BCUT2D eigenvalue weighted by atomic mass is 9.94. The molecule has 0 heterocycles. The van der Waals surface area contributed by atoms with Gasteiger partial charge in [-0.25, -0.2) is 0 Å². The second-order valence-electron chi connectivity index (χ2n) is 5.98. The Labute approximate surface area is 141 Å². The molecule has 6 heteroatoms. The van der Waals surface area contributed by atoms with E-state index in [9.17, 15) is 9.59 Å². The Kier molecular flexibility index (Phi) is 14.7. The van der Waals surface area contributed by atoms with Crippen molar-refractivity contribution in [3.8, 4) is 0 Å². The highest BCUT2D eigenvalue weighted by Crippen LogP contribution is 2.14. The molecule has 0 aliphatic heterocycles. The summed E-state index contributed by atoms with van der Waals surface area (Å²) in [4.78, 5) is 25.5. The summed E-state index contributed by atoms with van der Waals surface area (Å²) in [5.41, 5.74) is 5.67. The van der Waals surface area contributed by atoms with Crippen LogP contribution in [0.1, 0.15) is 53.4 Å². The highest BCUT2D eigenvalue weighted by atomic mass is 35.5. The van der Waals surface area contributed by atoms with Crippen LogP contribution in [0.3, 0.4) is 0 Å². The summed E-state index contributed by atoms with van der Waals surface area (Å²) in [6.45, 7) is 10.00. The summed E-state index contributed by atoms with van der Waals surface area (Å²) in [5, 5.41) is 0. The Bertz CT molecular complexity index is 306. The number of hydrogen-bond acceptors (Lipinski definition) is 4. The van der Waals surface area contributed by atoms with Crippen LogP contribution in [0.5, 0.6) is 0 Å². The van der Waals surface area contributed by atoms with E-state index in [2.05, 4.69) is 13.8 Å². The first-order chi connectivity index (χ1) is 9.94. The van der Waals surface area contributed by atoms with Gasteiger partial charge in [-0.1, -0.05) is 27.7 Å². The Morgan fingerprint density at radius 2 is 1.68 bits per heavy atom. The molecule has 0 saturated heterocycles. The van der Waals surface area contributed by atoms with Gasteiger partial charge < -0.3 is 15.4 Å². The van der Waals surface area contributed by atoms with Crippen molar-refractivity contribution in [2.75, 3.05) is 26.2 Å². The number of esters is 1. The molecule has 0 aliphatic carbocycles. The SMILES string of the molecule is CCCN(CCC)C(=O)COC(=O)C[C@@H](CN)CC(C)C.Cl. The molecule has 0 aromatic carbocycles. The molecule has 1 atom stereocenters. The van der Waals surface area contributed by atoms with Crippen LogP contribution in [0.2, 0.25) is 0 Å². The van der Waals surface area contributed by atoms with E-state index in [-0.39, 0.29) is 36.8 Å². The van der Waals surface area contributed by atoms with Crippen LogP contribution in [0, 0.1) is 11.8 Å². The van der Waals surface area contributed by atoms with Gasteiger partial charge in [-0.2, -0.15) is 0 Å². The number of carbonyl (C=O) groups excluding carboxylic acids is 2. The lowest BCUT2D eigenvalue weighted by Gasteiger charge is -2.21. The molecular weight excluding hydrogens is 304 g/mol. The fraction of sp³-hybridized carbons (Fsp3) is 0.875. The van der Waals surface area contributed by atoms with E-state index in [1.165, 1.54) is 0 Å². The highest BCUT2D eigenvalue weighted by molar-refractivity contribution is 5.85. The maximum absolute atomic E-state index is 12.0. The molecule has 0 bridgehead atoms. The maximum atomic E-state index is 12.0. The Balaban J connectivity index is 0. The zero-order chi connectivity index (χ0) is 16.3. The molecule has 2 N–H and O–H groups in total. The minimum Gasteiger partial charge on any atom is -0.456 e. The third-order valence-electron chi connectivity index (χ3n) is 3.29. The zero-order valence-corrected chi connectivity index (χ0v) is 15.3. The lowest BCUT2D eigenvalue weighted by molar-refractivity contribution is -0.152. The van der Waals surface area contributed by atoms with Gasteiger partial charge in [0.2, 0.25) is 0 Å². The van der Waals surface area contributed by atoms with Gasteiger partial charge >= 0.3 is 5.97 Å². The smallest absolute Gasteiger partial charge is 0.306 e. The number of ether oxygens (including phenoxy) is 1.